The summed E-state index contributed by atoms with van der Waals surface area (Å²) >= 11 is 1.43. The molecule has 1 heterocycles. The molecule has 1 aromatic heterocycles. The van der Waals surface area contributed by atoms with Crippen molar-refractivity contribution in [3.8, 4) is 11.5 Å². The van der Waals surface area contributed by atoms with Crippen LogP contribution in [-0.2, 0) is 11.8 Å². The van der Waals surface area contributed by atoms with Crippen molar-refractivity contribution in [2.75, 3.05) is 0 Å². The Hall–Kier alpha value is -2.20. The Morgan fingerprint density at radius 1 is 0.963 bits per heavy atom. The summed E-state index contributed by atoms with van der Waals surface area (Å²) in [4.78, 5) is 1.03. The molecule has 142 valence electrons. The summed E-state index contributed by atoms with van der Waals surface area (Å²) in [6.45, 7) is 4.26. The molecule has 0 radical (unpaired) electrons. The molecule has 0 bridgehead atoms. The Labute approximate surface area is 163 Å². The van der Waals surface area contributed by atoms with Gasteiger partial charge in [0.15, 0.2) is 0 Å². The van der Waals surface area contributed by atoms with Crippen LogP contribution in [0, 0.1) is 0 Å². The zero-order chi connectivity index (χ0) is 19.3. The third kappa shape index (κ3) is 5.39. The number of halogens is 2. The molecule has 0 aliphatic rings. The van der Waals surface area contributed by atoms with Gasteiger partial charge in [-0.15, -0.1) is 11.3 Å². The second-order valence-electron chi connectivity index (χ2n) is 7.34. The van der Waals surface area contributed by atoms with E-state index in [-0.39, 0.29) is 11.0 Å². The van der Waals surface area contributed by atoms with E-state index in [0.717, 1.165) is 35.6 Å². The van der Waals surface area contributed by atoms with Crippen molar-refractivity contribution in [3.05, 3.63) is 82.0 Å². The summed E-state index contributed by atoms with van der Waals surface area (Å²) in [7, 11) is 0. The minimum absolute atomic E-state index is 0.101. The van der Waals surface area contributed by atoms with Crippen molar-refractivity contribution in [1.82, 2.24) is 0 Å². The molecule has 0 amide bonds. The lowest BCUT2D eigenvalue weighted by Gasteiger charge is -2.23. The van der Waals surface area contributed by atoms with Gasteiger partial charge in [-0.1, -0.05) is 44.2 Å². The lowest BCUT2D eigenvalue weighted by molar-refractivity contribution is 0.152. The first-order valence-corrected chi connectivity index (χ1v) is 10.0. The van der Waals surface area contributed by atoms with Crippen molar-refractivity contribution >= 4 is 11.3 Å². The van der Waals surface area contributed by atoms with Crippen LogP contribution in [0.4, 0.5) is 8.78 Å². The number of hydrogen-bond donors (Lipinski definition) is 0. The maximum absolute atomic E-state index is 12.8. The molecule has 0 saturated heterocycles. The largest absolute Gasteiger partial charge is 0.457 e. The van der Waals surface area contributed by atoms with Crippen LogP contribution < -0.4 is 4.74 Å². The maximum atomic E-state index is 12.8. The fourth-order valence-corrected chi connectivity index (χ4v) is 4.13. The number of thiophene rings is 1. The van der Waals surface area contributed by atoms with E-state index in [1.807, 2.05) is 42.5 Å². The van der Waals surface area contributed by atoms with Gasteiger partial charge in [-0.05, 0) is 66.0 Å². The molecule has 2 aromatic carbocycles. The number of ether oxygens (including phenoxy) is 1. The Balaban J connectivity index is 1.57. The van der Waals surface area contributed by atoms with Crippen molar-refractivity contribution in [1.29, 1.82) is 0 Å². The summed E-state index contributed by atoms with van der Waals surface area (Å²) in [5.41, 5.74) is 1.25. The molecule has 0 aliphatic heterocycles. The van der Waals surface area contributed by atoms with Crippen molar-refractivity contribution in [2.45, 2.75) is 45.0 Å². The molecule has 3 aromatic rings. The highest BCUT2D eigenvalue weighted by Gasteiger charge is 2.23. The lowest BCUT2D eigenvalue weighted by Crippen LogP contribution is -2.15. The summed E-state index contributed by atoms with van der Waals surface area (Å²) < 4.78 is 31.6. The number of alkyl halides is 2. The topological polar surface area (TPSA) is 9.23 Å². The highest BCUT2D eigenvalue weighted by atomic mass is 32.1. The monoisotopic (exact) mass is 386 g/mol. The third-order valence-corrected chi connectivity index (χ3v) is 6.00. The standard InChI is InChI=1S/C23H24F2OS/c1-23(2,21-15-18(16-27-21)22(24)25)13-7-9-17-8-6-12-20(14-17)26-19-10-4-3-5-11-19/h3-6,8,10-12,14-16,22H,7,9,13H2,1-2H3. The molecular formula is C23H24F2OS. The minimum atomic E-state index is -2.39. The number of para-hydroxylation sites is 1. The van der Waals surface area contributed by atoms with Crippen LogP contribution in [0.1, 0.15) is 49.1 Å². The second kappa shape index (κ2) is 8.66. The van der Waals surface area contributed by atoms with Crippen molar-refractivity contribution in [2.24, 2.45) is 0 Å². The van der Waals surface area contributed by atoms with E-state index in [1.54, 1.807) is 11.4 Å². The Morgan fingerprint density at radius 3 is 2.41 bits per heavy atom. The van der Waals surface area contributed by atoms with Gasteiger partial charge in [0.1, 0.15) is 11.5 Å². The molecule has 0 N–H and O–H groups in total. The predicted molar refractivity (Wildman–Crippen MR) is 108 cm³/mol. The summed E-state index contributed by atoms with van der Waals surface area (Å²) in [6.07, 6.45) is 0.477. The fourth-order valence-electron chi connectivity index (χ4n) is 3.07. The van der Waals surface area contributed by atoms with Gasteiger partial charge in [-0.25, -0.2) is 8.78 Å². The van der Waals surface area contributed by atoms with Crippen LogP contribution in [0.5, 0.6) is 11.5 Å². The second-order valence-corrected chi connectivity index (χ2v) is 8.26. The van der Waals surface area contributed by atoms with E-state index in [2.05, 4.69) is 26.0 Å². The molecule has 0 unspecified atom stereocenters. The number of hydrogen-bond acceptors (Lipinski definition) is 2. The van der Waals surface area contributed by atoms with Crippen LogP contribution in [0.15, 0.2) is 66.0 Å². The quantitative estimate of drug-likeness (QED) is 0.384. The van der Waals surface area contributed by atoms with Gasteiger partial charge in [0.25, 0.3) is 6.43 Å². The predicted octanol–water partition coefficient (Wildman–Crippen LogP) is 7.78. The van der Waals surface area contributed by atoms with Gasteiger partial charge in [0, 0.05) is 10.4 Å². The molecule has 0 saturated carbocycles. The summed E-state index contributed by atoms with van der Waals surface area (Å²) in [5, 5.41) is 1.58. The van der Waals surface area contributed by atoms with E-state index in [9.17, 15) is 8.78 Å². The SMILES string of the molecule is CC(C)(CCCc1cccc(Oc2ccccc2)c1)c1cc(C(F)F)cs1. The van der Waals surface area contributed by atoms with Crippen LogP contribution in [0.3, 0.4) is 0 Å². The van der Waals surface area contributed by atoms with Crippen LogP contribution in [0.25, 0.3) is 0 Å². The van der Waals surface area contributed by atoms with Crippen molar-refractivity contribution in [3.63, 3.8) is 0 Å². The van der Waals surface area contributed by atoms with Gasteiger partial charge in [0.2, 0.25) is 0 Å². The van der Waals surface area contributed by atoms with Gasteiger partial charge in [0.05, 0.1) is 0 Å². The van der Waals surface area contributed by atoms with Gasteiger partial charge in [-0.2, -0.15) is 0 Å². The van der Waals surface area contributed by atoms with Crippen molar-refractivity contribution < 1.29 is 13.5 Å². The molecule has 27 heavy (non-hydrogen) atoms. The molecule has 4 heteroatoms. The minimum Gasteiger partial charge on any atom is -0.457 e. The molecule has 3 rings (SSSR count). The van der Waals surface area contributed by atoms with Gasteiger partial charge in [-0.3, -0.25) is 0 Å². The normalized spacial score (nSPS) is 11.7. The molecule has 1 nitrogen and oxygen atoms in total. The number of benzene rings is 2. The maximum Gasteiger partial charge on any atom is 0.264 e. The fraction of sp³-hybridized carbons (Fsp3) is 0.304. The van der Waals surface area contributed by atoms with Crippen LogP contribution in [-0.4, -0.2) is 0 Å². The average Bonchev–Trinajstić information content (AvgIpc) is 3.14. The molecule has 0 atom stereocenters. The number of rotatable bonds is 8. The van der Waals surface area contributed by atoms with E-state index in [0.29, 0.717) is 0 Å². The first-order chi connectivity index (χ1) is 12.9. The lowest BCUT2D eigenvalue weighted by atomic mass is 9.85. The Bertz CT molecular complexity index is 856. The smallest absolute Gasteiger partial charge is 0.264 e. The van der Waals surface area contributed by atoms with Gasteiger partial charge >= 0.3 is 0 Å². The van der Waals surface area contributed by atoms with Crippen LogP contribution >= 0.6 is 11.3 Å². The van der Waals surface area contributed by atoms with Gasteiger partial charge < -0.3 is 4.74 Å². The zero-order valence-electron chi connectivity index (χ0n) is 15.6. The summed E-state index contributed by atoms with van der Waals surface area (Å²) in [6, 6.07) is 19.5. The first-order valence-electron chi connectivity index (χ1n) is 9.13. The Kier molecular flexibility index (Phi) is 6.27. The molecule has 0 aliphatic carbocycles. The molecule has 0 fully saturated rings. The molecular weight excluding hydrogens is 362 g/mol. The van der Waals surface area contributed by atoms with E-state index >= 15 is 0 Å². The van der Waals surface area contributed by atoms with E-state index in [4.69, 9.17) is 4.74 Å². The molecule has 0 spiro atoms. The average molecular weight is 387 g/mol. The number of aryl methyl sites for hydroxylation is 1. The van der Waals surface area contributed by atoms with E-state index < -0.39 is 6.43 Å². The Morgan fingerprint density at radius 2 is 1.70 bits per heavy atom. The first kappa shape index (κ1) is 19.6. The highest BCUT2D eigenvalue weighted by molar-refractivity contribution is 7.10. The highest BCUT2D eigenvalue weighted by Crippen LogP contribution is 2.36. The van der Waals surface area contributed by atoms with Crippen LogP contribution in [0.2, 0.25) is 0 Å². The van der Waals surface area contributed by atoms with E-state index in [1.165, 1.54) is 16.9 Å². The zero-order valence-corrected chi connectivity index (χ0v) is 16.4. The third-order valence-electron chi connectivity index (χ3n) is 4.68. The summed E-state index contributed by atoms with van der Waals surface area (Å²) in [5.74, 6) is 1.65.